The van der Waals surface area contributed by atoms with Gasteiger partial charge in [0.05, 0.1) is 17.3 Å². The summed E-state index contributed by atoms with van der Waals surface area (Å²) in [7, 11) is 1.63. The summed E-state index contributed by atoms with van der Waals surface area (Å²) in [6.45, 7) is -0.397. The lowest BCUT2D eigenvalue weighted by atomic mass is 10.0. The lowest BCUT2D eigenvalue weighted by molar-refractivity contribution is -0.147. The van der Waals surface area contributed by atoms with Gasteiger partial charge in [0.2, 0.25) is 0 Å². The Morgan fingerprint density at radius 3 is 2.45 bits per heavy atom. The molecule has 0 bridgehead atoms. The van der Waals surface area contributed by atoms with Crippen LogP contribution in [0.25, 0.3) is 22.0 Å². The van der Waals surface area contributed by atoms with Crippen LogP contribution in [-0.2, 0) is 27.8 Å². The van der Waals surface area contributed by atoms with E-state index in [4.69, 9.17) is 4.74 Å². The number of para-hydroxylation sites is 2. The minimum Gasteiger partial charge on any atom is -0.456 e. The fourth-order valence-electron chi connectivity index (χ4n) is 3.57. The largest absolute Gasteiger partial charge is 0.456 e. The molecule has 0 saturated heterocycles. The van der Waals surface area contributed by atoms with Crippen molar-refractivity contribution < 1.29 is 14.3 Å². The SMILES string of the molecule is Cn1c(CCC(=O)OCC(=O)Nc2ccccc2-c2ccccc2)nc2ccccc2c1=O. The summed E-state index contributed by atoms with van der Waals surface area (Å²) in [6, 6.07) is 24.2. The second-order valence-corrected chi connectivity index (χ2v) is 7.53. The second kappa shape index (κ2) is 9.91. The van der Waals surface area contributed by atoms with Gasteiger partial charge in [-0.05, 0) is 23.8 Å². The molecule has 0 spiro atoms. The van der Waals surface area contributed by atoms with Crippen molar-refractivity contribution in [3.05, 3.63) is 95.0 Å². The molecule has 1 heterocycles. The Morgan fingerprint density at radius 2 is 1.64 bits per heavy atom. The predicted octanol–water partition coefficient (Wildman–Crippen LogP) is 3.72. The Hall–Kier alpha value is -4.26. The minimum absolute atomic E-state index is 0.00645. The summed E-state index contributed by atoms with van der Waals surface area (Å²) >= 11 is 0. The number of aromatic nitrogens is 2. The first kappa shape index (κ1) is 22.0. The van der Waals surface area contributed by atoms with Gasteiger partial charge >= 0.3 is 5.97 Å². The summed E-state index contributed by atoms with van der Waals surface area (Å²) in [5.41, 5.74) is 2.90. The third-order valence-electron chi connectivity index (χ3n) is 5.28. The molecule has 0 aliphatic rings. The summed E-state index contributed by atoms with van der Waals surface area (Å²) < 4.78 is 6.57. The Morgan fingerprint density at radius 1 is 0.939 bits per heavy atom. The maximum Gasteiger partial charge on any atom is 0.306 e. The number of hydrogen-bond acceptors (Lipinski definition) is 5. The average molecular weight is 441 g/mol. The number of benzene rings is 3. The number of carbonyl (C=O) groups excluding carboxylic acids is 2. The van der Waals surface area contributed by atoms with Crippen LogP contribution < -0.4 is 10.9 Å². The summed E-state index contributed by atoms with van der Waals surface area (Å²) in [4.78, 5) is 41.5. The Balaban J connectivity index is 1.34. The van der Waals surface area contributed by atoms with E-state index < -0.39 is 18.5 Å². The highest BCUT2D eigenvalue weighted by Gasteiger charge is 2.13. The molecule has 0 atom stereocenters. The lowest BCUT2D eigenvalue weighted by Crippen LogP contribution is -2.24. The number of nitrogens with zero attached hydrogens (tertiary/aromatic N) is 2. The number of nitrogens with one attached hydrogen (secondary N) is 1. The number of ether oxygens (including phenoxy) is 1. The van der Waals surface area contributed by atoms with Gasteiger partial charge in [0.1, 0.15) is 5.82 Å². The monoisotopic (exact) mass is 441 g/mol. The molecular formula is C26H23N3O4. The van der Waals surface area contributed by atoms with Crippen molar-refractivity contribution in [2.75, 3.05) is 11.9 Å². The fourth-order valence-corrected chi connectivity index (χ4v) is 3.57. The average Bonchev–Trinajstić information content (AvgIpc) is 2.85. The molecule has 0 saturated carbocycles. The molecule has 0 radical (unpaired) electrons. The van der Waals surface area contributed by atoms with Crippen molar-refractivity contribution in [2.45, 2.75) is 12.8 Å². The number of amides is 1. The molecule has 1 amide bonds. The first-order valence-corrected chi connectivity index (χ1v) is 10.6. The summed E-state index contributed by atoms with van der Waals surface area (Å²) in [6.07, 6.45) is 0.236. The second-order valence-electron chi connectivity index (χ2n) is 7.53. The predicted molar refractivity (Wildman–Crippen MR) is 127 cm³/mol. The van der Waals surface area contributed by atoms with Crippen LogP contribution in [0.2, 0.25) is 0 Å². The highest BCUT2D eigenvalue weighted by Crippen LogP contribution is 2.27. The molecular weight excluding hydrogens is 418 g/mol. The molecule has 7 nitrogen and oxygen atoms in total. The highest BCUT2D eigenvalue weighted by atomic mass is 16.5. The zero-order chi connectivity index (χ0) is 23.2. The van der Waals surface area contributed by atoms with Gasteiger partial charge in [0.25, 0.3) is 11.5 Å². The number of aryl methyl sites for hydroxylation is 1. The van der Waals surface area contributed by atoms with E-state index in [-0.39, 0.29) is 18.4 Å². The van der Waals surface area contributed by atoms with E-state index in [1.54, 1.807) is 37.4 Å². The first-order chi connectivity index (χ1) is 16.0. The Labute approximate surface area is 190 Å². The number of fused-ring (bicyclic) bond motifs is 1. The van der Waals surface area contributed by atoms with Gasteiger partial charge in [-0.15, -0.1) is 0 Å². The van der Waals surface area contributed by atoms with E-state index in [0.29, 0.717) is 22.4 Å². The van der Waals surface area contributed by atoms with E-state index in [1.165, 1.54) is 4.57 Å². The maximum absolute atomic E-state index is 12.5. The van der Waals surface area contributed by atoms with Gasteiger partial charge in [-0.1, -0.05) is 60.7 Å². The topological polar surface area (TPSA) is 90.3 Å². The summed E-state index contributed by atoms with van der Waals surface area (Å²) in [5, 5.41) is 3.33. The Bertz CT molecular complexity index is 1360. The van der Waals surface area contributed by atoms with Crippen LogP contribution in [-0.4, -0.2) is 28.0 Å². The fraction of sp³-hybridized carbons (Fsp3) is 0.154. The summed E-state index contributed by atoms with van der Waals surface area (Å²) in [5.74, 6) is -0.483. The highest BCUT2D eigenvalue weighted by molar-refractivity contribution is 5.96. The molecule has 0 aliphatic heterocycles. The molecule has 4 rings (SSSR count). The van der Waals surface area contributed by atoms with Crippen LogP contribution in [0.15, 0.2) is 83.7 Å². The van der Waals surface area contributed by atoms with Crippen molar-refractivity contribution in [3.63, 3.8) is 0 Å². The minimum atomic E-state index is -0.538. The number of esters is 1. The van der Waals surface area contributed by atoms with Gasteiger partial charge in [-0.3, -0.25) is 19.0 Å². The third kappa shape index (κ3) is 5.15. The standard InChI is InChI=1S/C26H23N3O4/c1-29-23(27-22-14-8-6-12-20(22)26(29)32)15-16-25(31)33-17-24(30)28-21-13-7-5-11-19(21)18-9-3-2-4-10-18/h2-14H,15-17H2,1H3,(H,28,30). The number of anilines is 1. The number of rotatable bonds is 7. The van der Waals surface area contributed by atoms with Gasteiger partial charge in [0, 0.05) is 24.7 Å². The van der Waals surface area contributed by atoms with E-state index in [2.05, 4.69) is 10.3 Å². The zero-order valence-electron chi connectivity index (χ0n) is 18.2. The van der Waals surface area contributed by atoms with Crippen LogP contribution in [0, 0.1) is 0 Å². The van der Waals surface area contributed by atoms with E-state index in [9.17, 15) is 14.4 Å². The molecule has 3 aromatic carbocycles. The van der Waals surface area contributed by atoms with Crippen molar-refractivity contribution >= 4 is 28.5 Å². The third-order valence-corrected chi connectivity index (χ3v) is 5.28. The molecule has 0 fully saturated rings. The van der Waals surface area contributed by atoms with Gasteiger partial charge < -0.3 is 10.1 Å². The number of carbonyl (C=O) groups is 2. The quantitative estimate of drug-likeness (QED) is 0.442. The van der Waals surface area contributed by atoms with Crippen LogP contribution >= 0.6 is 0 Å². The smallest absolute Gasteiger partial charge is 0.306 e. The molecule has 0 unspecified atom stereocenters. The number of hydrogen-bond donors (Lipinski definition) is 1. The molecule has 166 valence electrons. The van der Waals surface area contributed by atoms with Crippen LogP contribution in [0.4, 0.5) is 5.69 Å². The van der Waals surface area contributed by atoms with Crippen molar-refractivity contribution in [3.8, 4) is 11.1 Å². The van der Waals surface area contributed by atoms with Crippen LogP contribution in [0.5, 0.6) is 0 Å². The molecule has 4 aromatic rings. The van der Waals surface area contributed by atoms with E-state index >= 15 is 0 Å². The van der Waals surface area contributed by atoms with E-state index in [0.717, 1.165) is 11.1 Å². The molecule has 0 aliphatic carbocycles. The Kier molecular flexibility index (Phi) is 6.59. The van der Waals surface area contributed by atoms with Crippen LogP contribution in [0.1, 0.15) is 12.2 Å². The van der Waals surface area contributed by atoms with Crippen molar-refractivity contribution in [1.82, 2.24) is 9.55 Å². The first-order valence-electron chi connectivity index (χ1n) is 10.6. The van der Waals surface area contributed by atoms with E-state index in [1.807, 2.05) is 48.5 Å². The molecule has 1 N–H and O–H groups in total. The lowest BCUT2D eigenvalue weighted by Gasteiger charge is -2.12. The van der Waals surface area contributed by atoms with Crippen LogP contribution in [0.3, 0.4) is 0 Å². The molecule has 1 aromatic heterocycles. The van der Waals surface area contributed by atoms with Gasteiger partial charge in [-0.25, -0.2) is 4.98 Å². The van der Waals surface area contributed by atoms with Gasteiger partial charge in [0.15, 0.2) is 6.61 Å². The molecule has 7 heteroatoms. The van der Waals surface area contributed by atoms with Crippen molar-refractivity contribution in [2.24, 2.45) is 7.05 Å². The van der Waals surface area contributed by atoms with Crippen molar-refractivity contribution in [1.29, 1.82) is 0 Å². The van der Waals surface area contributed by atoms with Gasteiger partial charge in [-0.2, -0.15) is 0 Å². The maximum atomic E-state index is 12.5. The molecule has 33 heavy (non-hydrogen) atoms. The normalized spacial score (nSPS) is 10.7. The zero-order valence-corrected chi connectivity index (χ0v) is 18.2.